The van der Waals surface area contributed by atoms with E-state index in [-0.39, 0.29) is 48.1 Å². The van der Waals surface area contributed by atoms with Crippen LogP contribution in [0.15, 0.2) is 36.4 Å². The molecule has 4 aliphatic carbocycles. The number of benzene rings is 1. The van der Waals surface area contributed by atoms with Crippen LogP contribution < -0.4 is 4.90 Å². The third-order valence-corrected chi connectivity index (χ3v) is 6.82. The second kappa shape index (κ2) is 5.29. The van der Waals surface area contributed by atoms with E-state index in [1.807, 2.05) is 31.2 Å². The standard InChI is InChI=1S/C21H22N2O3/c1-11-5-3-4-6-17(11)22(12(2)24)10-23-20(25)18-13-7-8-14(16-9-15(13)16)19(18)21(23)26/h3-8,13-16,18-19H,9-10H2,1-2H3/t13-,14-,15-,16-,18-,19+/m0/s1. The van der Waals surface area contributed by atoms with Gasteiger partial charge in [-0.15, -0.1) is 0 Å². The largest absolute Gasteiger partial charge is 0.294 e. The SMILES string of the molecule is CC(=O)N(CN1C(=O)[C@@H]2[C@H]3C=C[C@@H]([C@@H]4C[C@@H]34)[C@@H]2C1=O)c1ccccc1C. The lowest BCUT2D eigenvalue weighted by molar-refractivity contribution is -0.140. The van der Waals surface area contributed by atoms with Gasteiger partial charge in [0.05, 0.1) is 11.8 Å². The average molecular weight is 350 g/mol. The van der Waals surface area contributed by atoms with Crippen LogP contribution in [0.4, 0.5) is 5.69 Å². The number of hydrogen-bond acceptors (Lipinski definition) is 3. The molecule has 3 fully saturated rings. The summed E-state index contributed by atoms with van der Waals surface area (Å²) in [5, 5.41) is 0. The van der Waals surface area contributed by atoms with Crippen molar-refractivity contribution in [2.45, 2.75) is 20.3 Å². The first-order valence-electron chi connectivity index (χ1n) is 9.36. The molecular formula is C21H22N2O3. The second-order valence-electron chi connectivity index (χ2n) is 8.13. The van der Waals surface area contributed by atoms with Gasteiger partial charge in [-0.1, -0.05) is 30.4 Å². The topological polar surface area (TPSA) is 57.7 Å². The number of rotatable bonds is 3. The van der Waals surface area contributed by atoms with Crippen LogP contribution in [-0.2, 0) is 14.4 Å². The van der Waals surface area contributed by atoms with Gasteiger partial charge in [0.25, 0.3) is 0 Å². The molecule has 6 atom stereocenters. The Morgan fingerprint density at radius 2 is 1.65 bits per heavy atom. The van der Waals surface area contributed by atoms with Crippen molar-refractivity contribution in [3.05, 3.63) is 42.0 Å². The summed E-state index contributed by atoms with van der Waals surface area (Å²) in [6.45, 7) is 3.42. The van der Waals surface area contributed by atoms with Gasteiger partial charge in [-0.3, -0.25) is 24.2 Å². The maximum Gasteiger partial charge on any atom is 0.235 e. The van der Waals surface area contributed by atoms with Gasteiger partial charge >= 0.3 is 0 Å². The Morgan fingerprint density at radius 3 is 2.19 bits per heavy atom. The van der Waals surface area contributed by atoms with Crippen LogP contribution in [0.1, 0.15) is 18.9 Å². The predicted octanol–water partition coefficient (Wildman–Crippen LogP) is 2.36. The number of aryl methyl sites for hydroxylation is 1. The molecule has 26 heavy (non-hydrogen) atoms. The molecule has 134 valence electrons. The minimum atomic E-state index is -0.216. The fourth-order valence-electron chi connectivity index (χ4n) is 5.51. The molecule has 2 saturated carbocycles. The van der Waals surface area contributed by atoms with Gasteiger partial charge < -0.3 is 0 Å². The Balaban J connectivity index is 1.46. The fraction of sp³-hybridized carbons (Fsp3) is 0.476. The number of amides is 3. The quantitative estimate of drug-likeness (QED) is 0.621. The maximum atomic E-state index is 13.1. The van der Waals surface area contributed by atoms with E-state index in [1.54, 1.807) is 4.90 Å². The summed E-state index contributed by atoms with van der Waals surface area (Å²) in [7, 11) is 0. The first-order chi connectivity index (χ1) is 12.5. The number of anilines is 1. The molecule has 6 rings (SSSR count). The van der Waals surface area contributed by atoms with Crippen molar-refractivity contribution >= 4 is 23.4 Å². The Kier molecular flexibility index (Phi) is 3.21. The number of nitrogens with zero attached hydrogens (tertiary/aromatic N) is 2. The molecule has 1 saturated heterocycles. The van der Waals surface area contributed by atoms with Crippen LogP contribution in [0.5, 0.6) is 0 Å². The first-order valence-corrected chi connectivity index (χ1v) is 9.36. The molecule has 5 nitrogen and oxygen atoms in total. The zero-order valence-corrected chi connectivity index (χ0v) is 15.0. The number of carbonyl (C=O) groups excluding carboxylic acids is 3. The van der Waals surface area contributed by atoms with Crippen LogP contribution in [0.2, 0.25) is 0 Å². The lowest BCUT2D eigenvalue weighted by Crippen LogP contribution is -2.44. The number of carbonyl (C=O) groups is 3. The van der Waals surface area contributed by atoms with Crippen LogP contribution in [0, 0.1) is 42.4 Å². The summed E-state index contributed by atoms with van der Waals surface area (Å²) in [6, 6.07) is 7.56. The molecule has 1 aromatic carbocycles. The van der Waals surface area contributed by atoms with Gasteiger partial charge in [-0.25, -0.2) is 0 Å². The van der Waals surface area contributed by atoms with E-state index >= 15 is 0 Å². The van der Waals surface area contributed by atoms with Gasteiger partial charge in [0.15, 0.2) is 0 Å². The van der Waals surface area contributed by atoms with Crippen LogP contribution >= 0.6 is 0 Å². The van der Waals surface area contributed by atoms with Crippen LogP contribution in [0.3, 0.4) is 0 Å². The van der Waals surface area contributed by atoms with Gasteiger partial charge in [-0.05, 0) is 48.6 Å². The maximum absolute atomic E-state index is 13.1. The summed E-state index contributed by atoms with van der Waals surface area (Å²) < 4.78 is 0. The number of hydrogen-bond donors (Lipinski definition) is 0. The molecule has 5 aliphatic rings. The van der Waals surface area contributed by atoms with Crippen molar-refractivity contribution in [3.63, 3.8) is 0 Å². The fourth-order valence-corrected chi connectivity index (χ4v) is 5.51. The van der Waals surface area contributed by atoms with E-state index in [0.717, 1.165) is 17.7 Å². The van der Waals surface area contributed by atoms with E-state index in [9.17, 15) is 14.4 Å². The highest BCUT2D eigenvalue weighted by Crippen LogP contribution is 2.65. The second-order valence-corrected chi connectivity index (χ2v) is 8.13. The molecule has 5 heteroatoms. The Hall–Kier alpha value is -2.43. The molecule has 1 aromatic rings. The highest BCUT2D eigenvalue weighted by molar-refractivity contribution is 6.07. The molecule has 1 aliphatic heterocycles. The molecule has 0 radical (unpaired) electrons. The Labute approximate surface area is 152 Å². The van der Waals surface area contributed by atoms with Crippen molar-refractivity contribution in [2.75, 3.05) is 11.6 Å². The van der Waals surface area contributed by atoms with Crippen molar-refractivity contribution in [2.24, 2.45) is 35.5 Å². The van der Waals surface area contributed by atoms with Gasteiger partial charge in [-0.2, -0.15) is 0 Å². The predicted molar refractivity (Wildman–Crippen MR) is 95.8 cm³/mol. The molecule has 3 amide bonds. The van der Waals surface area contributed by atoms with Gasteiger partial charge in [0.1, 0.15) is 6.67 Å². The van der Waals surface area contributed by atoms with Crippen LogP contribution in [0.25, 0.3) is 0 Å². The van der Waals surface area contributed by atoms with E-state index in [0.29, 0.717) is 11.8 Å². The lowest BCUT2D eigenvalue weighted by atomic mass is 9.63. The van der Waals surface area contributed by atoms with Crippen molar-refractivity contribution in [3.8, 4) is 0 Å². The smallest absolute Gasteiger partial charge is 0.235 e. The van der Waals surface area contributed by atoms with Crippen molar-refractivity contribution < 1.29 is 14.4 Å². The summed E-state index contributed by atoms with van der Waals surface area (Å²) in [6.07, 6.45) is 5.48. The van der Waals surface area contributed by atoms with Crippen molar-refractivity contribution in [1.82, 2.24) is 4.90 Å². The van der Waals surface area contributed by atoms with Crippen LogP contribution in [-0.4, -0.2) is 29.3 Å². The number of para-hydroxylation sites is 1. The highest BCUT2D eigenvalue weighted by atomic mass is 16.2. The third-order valence-electron chi connectivity index (χ3n) is 6.82. The monoisotopic (exact) mass is 350 g/mol. The van der Waals surface area contributed by atoms with E-state index in [2.05, 4.69) is 12.2 Å². The summed E-state index contributed by atoms with van der Waals surface area (Å²) in [4.78, 5) is 41.4. The molecule has 0 aromatic heterocycles. The number of likely N-dealkylation sites (tertiary alicyclic amines) is 1. The summed E-state index contributed by atoms with van der Waals surface area (Å²) in [5.74, 6) is 0.805. The Bertz CT molecular complexity index is 825. The minimum absolute atomic E-state index is 0.0135. The lowest BCUT2D eigenvalue weighted by Gasteiger charge is -2.37. The highest BCUT2D eigenvalue weighted by Gasteiger charge is 2.67. The third kappa shape index (κ3) is 2.00. The number of allylic oxidation sites excluding steroid dienone is 2. The summed E-state index contributed by atoms with van der Waals surface area (Å²) in [5.41, 5.74) is 1.70. The van der Waals surface area contributed by atoms with Crippen molar-refractivity contribution in [1.29, 1.82) is 0 Å². The minimum Gasteiger partial charge on any atom is -0.294 e. The van der Waals surface area contributed by atoms with E-state index in [1.165, 1.54) is 11.8 Å². The zero-order valence-electron chi connectivity index (χ0n) is 15.0. The molecular weight excluding hydrogens is 328 g/mol. The van der Waals surface area contributed by atoms with E-state index < -0.39 is 0 Å². The molecule has 0 spiro atoms. The van der Waals surface area contributed by atoms with Gasteiger partial charge in [0.2, 0.25) is 17.7 Å². The normalized spacial score (nSPS) is 36.2. The van der Waals surface area contributed by atoms with E-state index in [4.69, 9.17) is 0 Å². The molecule has 1 heterocycles. The molecule has 0 N–H and O–H groups in total. The van der Waals surface area contributed by atoms with Gasteiger partial charge in [0, 0.05) is 12.6 Å². The number of imide groups is 1. The first kappa shape index (κ1) is 15.8. The molecule has 0 unspecified atom stereocenters. The average Bonchev–Trinajstić information content (AvgIpc) is 3.40. The zero-order chi connectivity index (χ0) is 18.2. The Morgan fingerprint density at radius 1 is 1.08 bits per heavy atom. The summed E-state index contributed by atoms with van der Waals surface area (Å²) >= 11 is 0. The molecule has 2 bridgehead atoms.